The van der Waals surface area contributed by atoms with Crippen LogP contribution in [0.15, 0.2) is 29.2 Å². The second kappa shape index (κ2) is 11.2. The smallest absolute Gasteiger partial charge is 0.253 e. The lowest BCUT2D eigenvalue weighted by Crippen LogP contribution is -2.46. The molecule has 1 N–H and O–H groups in total. The Morgan fingerprint density at radius 2 is 1.65 bits per heavy atom. The van der Waals surface area contributed by atoms with Gasteiger partial charge in [-0.3, -0.25) is 9.59 Å². The summed E-state index contributed by atoms with van der Waals surface area (Å²) < 4.78 is 32.2. The molecule has 2 saturated heterocycles. The molecule has 3 rings (SSSR count). The van der Waals surface area contributed by atoms with Crippen molar-refractivity contribution in [1.29, 1.82) is 0 Å². The highest BCUT2D eigenvalue weighted by Crippen LogP contribution is 2.22. The first-order valence-electron chi connectivity index (χ1n) is 11.9. The monoisotopic (exact) mass is 494 g/mol. The Labute approximate surface area is 203 Å². The van der Waals surface area contributed by atoms with Gasteiger partial charge in [-0.05, 0) is 56.6 Å². The molecule has 0 radical (unpaired) electrons. The molecule has 1 aromatic rings. The summed E-state index contributed by atoms with van der Waals surface area (Å²) in [6.07, 6.45) is 1.24. The molecule has 0 bridgehead atoms. The molecule has 190 valence electrons. The van der Waals surface area contributed by atoms with Gasteiger partial charge in [-0.25, -0.2) is 8.42 Å². The summed E-state index contributed by atoms with van der Waals surface area (Å²) in [4.78, 5) is 29.6. The van der Waals surface area contributed by atoms with E-state index in [-0.39, 0.29) is 28.0 Å². The molecule has 2 aliphatic rings. The maximum Gasteiger partial charge on any atom is 0.253 e. The molecule has 0 atom stereocenters. The quantitative estimate of drug-likeness (QED) is 0.584. The van der Waals surface area contributed by atoms with Crippen LogP contribution in [0.25, 0.3) is 0 Å². The standard InChI is InChI=1S/C24H38N4O5S/c1-24(2,18-26(3)4)17-25-22(29)19-9-11-27(12-10-19)23(30)20-5-7-21(8-6-20)34(31,32)28-13-15-33-16-14-28/h5-8,19H,9-18H2,1-4H3,(H,25,29). The third kappa shape index (κ3) is 6.78. The Kier molecular flexibility index (Phi) is 8.72. The highest BCUT2D eigenvalue weighted by molar-refractivity contribution is 7.89. The number of hydrogen-bond acceptors (Lipinski definition) is 6. The van der Waals surface area contributed by atoms with E-state index in [2.05, 4.69) is 24.1 Å². The van der Waals surface area contributed by atoms with Gasteiger partial charge in [0.05, 0.1) is 18.1 Å². The lowest BCUT2D eigenvalue weighted by molar-refractivity contribution is -0.126. The molecule has 1 aromatic carbocycles. The second-order valence-corrected chi connectivity index (χ2v) is 12.2. The lowest BCUT2D eigenvalue weighted by atomic mass is 9.91. The summed E-state index contributed by atoms with van der Waals surface area (Å²) in [5.74, 6) is -0.182. The molecule has 2 fully saturated rings. The summed E-state index contributed by atoms with van der Waals surface area (Å²) in [6, 6.07) is 6.13. The molecule has 0 spiro atoms. The molecule has 2 aliphatic heterocycles. The normalized spacial score (nSPS) is 18.8. The number of amides is 2. The molecule has 2 heterocycles. The minimum Gasteiger partial charge on any atom is -0.379 e. The van der Waals surface area contributed by atoms with E-state index >= 15 is 0 Å². The van der Waals surface area contributed by atoms with Gasteiger partial charge < -0.3 is 19.9 Å². The third-order valence-electron chi connectivity index (χ3n) is 6.35. The topological polar surface area (TPSA) is 99.3 Å². The number of hydrogen-bond donors (Lipinski definition) is 1. The van der Waals surface area contributed by atoms with E-state index in [4.69, 9.17) is 4.74 Å². The molecular weight excluding hydrogens is 456 g/mol. The molecule has 2 amide bonds. The first-order valence-corrected chi connectivity index (χ1v) is 13.3. The number of carbonyl (C=O) groups excluding carboxylic acids is 2. The minimum atomic E-state index is -3.59. The average Bonchev–Trinajstić information content (AvgIpc) is 2.82. The number of rotatable bonds is 8. The van der Waals surface area contributed by atoms with E-state index in [9.17, 15) is 18.0 Å². The number of carbonyl (C=O) groups is 2. The van der Waals surface area contributed by atoms with Gasteiger partial charge in [0.25, 0.3) is 5.91 Å². The zero-order valence-electron chi connectivity index (χ0n) is 20.7. The van der Waals surface area contributed by atoms with Gasteiger partial charge in [-0.1, -0.05) is 13.8 Å². The third-order valence-corrected chi connectivity index (χ3v) is 8.26. The SMILES string of the molecule is CN(C)CC(C)(C)CNC(=O)C1CCN(C(=O)c2ccc(S(=O)(=O)N3CCOCC3)cc2)CC1. The summed E-state index contributed by atoms with van der Waals surface area (Å²) in [5, 5.41) is 3.08. The van der Waals surface area contributed by atoms with Crippen molar-refractivity contribution in [2.75, 3.05) is 66.6 Å². The number of likely N-dealkylation sites (tertiary alicyclic amines) is 1. The van der Waals surface area contributed by atoms with Crippen molar-refractivity contribution in [3.63, 3.8) is 0 Å². The van der Waals surface area contributed by atoms with Crippen LogP contribution in [0.2, 0.25) is 0 Å². The van der Waals surface area contributed by atoms with Crippen LogP contribution in [0, 0.1) is 11.3 Å². The van der Waals surface area contributed by atoms with Crippen LogP contribution in [0.4, 0.5) is 0 Å². The van der Waals surface area contributed by atoms with Crippen LogP contribution in [-0.4, -0.2) is 101 Å². The Balaban J connectivity index is 1.52. The first kappa shape index (κ1) is 26.6. The summed E-state index contributed by atoms with van der Waals surface area (Å²) >= 11 is 0. The molecule has 0 unspecified atom stereocenters. The molecule has 0 saturated carbocycles. The van der Waals surface area contributed by atoms with Crippen LogP contribution in [0.5, 0.6) is 0 Å². The van der Waals surface area contributed by atoms with Crippen LogP contribution in [-0.2, 0) is 19.6 Å². The zero-order chi connectivity index (χ0) is 24.9. The van der Waals surface area contributed by atoms with Crippen molar-refractivity contribution < 1.29 is 22.7 Å². The van der Waals surface area contributed by atoms with Gasteiger partial charge in [0.2, 0.25) is 15.9 Å². The Hall–Kier alpha value is -2.01. The fourth-order valence-corrected chi connectivity index (χ4v) is 6.02. The van der Waals surface area contributed by atoms with E-state index in [1.807, 2.05) is 14.1 Å². The lowest BCUT2D eigenvalue weighted by Gasteiger charge is -2.33. The van der Waals surface area contributed by atoms with Gasteiger partial charge in [-0.2, -0.15) is 4.31 Å². The van der Waals surface area contributed by atoms with Gasteiger partial charge in [0, 0.05) is 50.7 Å². The number of morpholine rings is 1. The number of piperidine rings is 1. The molecule has 0 aliphatic carbocycles. The van der Waals surface area contributed by atoms with Crippen molar-refractivity contribution in [3.05, 3.63) is 29.8 Å². The van der Waals surface area contributed by atoms with Crippen molar-refractivity contribution >= 4 is 21.8 Å². The highest BCUT2D eigenvalue weighted by Gasteiger charge is 2.30. The highest BCUT2D eigenvalue weighted by atomic mass is 32.2. The number of ether oxygens (including phenoxy) is 1. The Bertz CT molecular complexity index is 948. The summed E-state index contributed by atoms with van der Waals surface area (Å²) in [6.45, 7) is 8.21. The van der Waals surface area contributed by atoms with Crippen molar-refractivity contribution in [2.24, 2.45) is 11.3 Å². The van der Waals surface area contributed by atoms with Crippen molar-refractivity contribution in [2.45, 2.75) is 31.6 Å². The first-order chi connectivity index (χ1) is 16.0. The molecule has 9 nitrogen and oxygen atoms in total. The Morgan fingerprint density at radius 3 is 2.21 bits per heavy atom. The molecule has 34 heavy (non-hydrogen) atoms. The maximum absolute atomic E-state index is 12.9. The number of benzene rings is 1. The average molecular weight is 495 g/mol. The van der Waals surface area contributed by atoms with E-state index in [0.717, 1.165) is 6.54 Å². The predicted molar refractivity (Wildman–Crippen MR) is 130 cm³/mol. The van der Waals surface area contributed by atoms with Crippen LogP contribution >= 0.6 is 0 Å². The van der Waals surface area contributed by atoms with E-state index in [1.165, 1.54) is 16.4 Å². The molecule has 10 heteroatoms. The maximum atomic E-state index is 12.9. The van der Waals surface area contributed by atoms with Gasteiger partial charge in [-0.15, -0.1) is 0 Å². The predicted octanol–water partition coefficient (Wildman–Crippen LogP) is 1.26. The van der Waals surface area contributed by atoms with Crippen LogP contribution < -0.4 is 5.32 Å². The van der Waals surface area contributed by atoms with E-state index in [1.54, 1.807) is 17.0 Å². The zero-order valence-corrected chi connectivity index (χ0v) is 21.6. The van der Waals surface area contributed by atoms with E-state index in [0.29, 0.717) is 64.3 Å². The van der Waals surface area contributed by atoms with Gasteiger partial charge >= 0.3 is 0 Å². The van der Waals surface area contributed by atoms with Gasteiger partial charge in [0.1, 0.15) is 0 Å². The minimum absolute atomic E-state index is 0.0166. The fourth-order valence-electron chi connectivity index (χ4n) is 4.62. The van der Waals surface area contributed by atoms with Crippen LogP contribution in [0.3, 0.4) is 0 Å². The summed E-state index contributed by atoms with van der Waals surface area (Å²) in [5.41, 5.74) is 0.436. The number of nitrogens with zero attached hydrogens (tertiary/aromatic N) is 3. The number of sulfonamides is 1. The van der Waals surface area contributed by atoms with E-state index < -0.39 is 10.0 Å². The van der Waals surface area contributed by atoms with Crippen LogP contribution in [0.1, 0.15) is 37.0 Å². The molecule has 0 aromatic heterocycles. The van der Waals surface area contributed by atoms with Crippen molar-refractivity contribution in [1.82, 2.24) is 19.4 Å². The second-order valence-electron chi connectivity index (χ2n) is 10.2. The fraction of sp³-hybridized carbons (Fsp3) is 0.667. The molecular formula is C24H38N4O5S. The largest absolute Gasteiger partial charge is 0.379 e. The summed E-state index contributed by atoms with van der Waals surface area (Å²) in [7, 11) is 0.454. The van der Waals surface area contributed by atoms with Crippen molar-refractivity contribution in [3.8, 4) is 0 Å². The van der Waals surface area contributed by atoms with Gasteiger partial charge in [0.15, 0.2) is 0 Å². The Morgan fingerprint density at radius 1 is 1.06 bits per heavy atom. The number of nitrogens with one attached hydrogen (secondary N) is 1.